The highest BCUT2D eigenvalue weighted by Gasteiger charge is 2.13. The molecule has 0 fully saturated rings. The number of aryl methyl sites for hydroxylation is 1. The Morgan fingerprint density at radius 1 is 1.28 bits per heavy atom. The Kier molecular flexibility index (Phi) is 4.15. The molecule has 2 aromatic rings. The lowest BCUT2D eigenvalue weighted by Gasteiger charge is -2.03. The summed E-state index contributed by atoms with van der Waals surface area (Å²) in [6.45, 7) is 7.09. The van der Waals surface area contributed by atoms with Crippen LogP contribution in [0, 0.1) is 6.92 Å². The van der Waals surface area contributed by atoms with E-state index in [1.165, 1.54) is 26.7 Å². The van der Waals surface area contributed by atoms with Crippen LogP contribution in [0.2, 0.25) is 0 Å². The first-order valence-corrected chi connectivity index (χ1v) is 7.16. The highest BCUT2D eigenvalue weighted by atomic mass is 32.1. The second kappa shape index (κ2) is 5.63. The fourth-order valence-electron chi connectivity index (χ4n) is 2.06. The first-order chi connectivity index (χ1) is 8.61. The number of thiazole rings is 1. The lowest BCUT2D eigenvalue weighted by atomic mass is 10.1. The molecule has 0 aliphatic rings. The number of hydrogen-bond donors (Lipinski definition) is 1. The van der Waals surface area contributed by atoms with Crippen molar-refractivity contribution in [1.29, 1.82) is 0 Å². The molecule has 0 amide bonds. The van der Waals surface area contributed by atoms with Crippen molar-refractivity contribution < 1.29 is 0 Å². The predicted molar refractivity (Wildman–Crippen MR) is 78.1 cm³/mol. The zero-order chi connectivity index (χ0) is 13.1. The average molecular weight is 260 g/mol. The van der Waals surface area contributed by atoms with Crippen LogP contribution < -0.4 is 5.73 Å². The highest BCUT2D eigenvalue weighted by molar-refractivity contribution is 7.11. The standard InChI is InChI=1S/C15H20N2S/c1-10(2)15-13(9-16)18-14(17-15)8-12-7-5-4-6-11(12)3/h4-7,10H,8-9,16H2,1-3H3. The maximum atomic E-state index is 5.80. The van der Waals surface area contributed by atoms with Crippen LogP contribution in [0.1, 0.15) is 46.5 Å². The van der Waals surface area contributed by atoms with Crippen LogP contribution in [0.15, 0.2) is 24.3 Å². The zero-order valence-electron chi connectivity index (χ0n) is 11.2. The van der Waals surface area contributed by atoms with Crippen LogP contribution in [0.5, 0.6) is 0 Å². The Morgan fingerprint density at radius 2 is 2.00 bits per heavy atom. The van der Waals surface area contributed by atoms with Crippen molar-refractivity contribution >= 4 is 11.3 Å². The molecule has 1 aromatic carbocycles. The molecule has 18 heavy (non-hydrogen) atoms. The summed E-state index contributed by atoms with van der Waals surface area (Å²) in [4.78, 5) is 5.99. The van der Waals surface area contributed by atoms with Crippen LogP contribution in [-0.4, -0.2) is 4.98 Å². The molecule has 2 rings (SSSR count). The van der Waals surface area contributed by atoms with Gasteiger partial charge in [-0.05, 0) is 24.0 Å². The smallest absolute Gasteiger partial charge is 0.0975 e. The van der Waals surface area contributed by atoms with Crippen LogP contribution in [0.25, 0.3) is 0 Å². The van der Waals surface area contributed by atoms with E-state index in [1.54, 1.807) is 11.3 Å². The van der Waals surface area contributed by atoms with Crippen LogP contribution in [0.4, 0.5) is 0 Å². The van der Waals surface area contributed by atoms with Gasteiger partial charge in [0, 0.05) is 17.8 Å². The van der Waals surface area contributed by atoms with E-state index in [4.69, 9.17) is 10.7 Å². The summed E-state index contributed by atoms with van der Waals surface area (Å²) in [7, 11) is 0. The molecule has 0 saturated carbocycles. The normalized spacial score (nSPS) is 11.2. The van der Waals surface area contributed by atoms with Crippen molar-refractivity contribution in [3.63, 3.8) is 0 Å². The minimum Gasteiger partial charge on any atom is -0.326 e. The van der Waals surface area contributed by atoms with Crippen molar-refractivity contribution in [2.24, 2.45) is 5.73 Å². The Labute approximate surface area is 113 Å². The molecule has 3 heteroatoms. The molecule has 0 unspecified atom stereocenters. The third kappa shape index (κ3) is 2.79. The van der Waals surface area contributed by atoms with Gasteiger partial charge in [0.1, 0.15) is 0 Å². The van der Waals surface area contributed by atoms with Gasteiger partial charge < -0.3 is 5.73 Å². The van der Waals surface area contributed by atoms with Crippen molar-refractivity contribution in [1.82, 2.24) is 4.98 Å². The molecule has 1 aromatic heterocycles. The number of nitrogens with zero attached hydrogens (tertiary/aromatic N) is 1. The van der Waals surface area contributed by atoms with E-state index >= 15 is 0 Å². The van der Waals surface area contributed by atoms with Gasteiger partial charge in [0.2, 0.25) is 0 Å². The van der Waals surface area contributed by atoms with E-state index in [0.717, 1.165) is 6.42 Å². The van der Waals surface area contributed by atoms with Gasteiger partial charge in [-0.2, -0.15) is 0 Å². The summed E-state index contributed by atoms with van der Waals surface area (Å²) < 4.78 is 0. The van der Waals surface area contributed by atoms with Gasteiger partial charge in [0.25, 0.3) is 0 Å². The first kappa shape index (κ1) is 13.2. The van der Waals surface area contributed by atoms with E-state index in [9.17, 15) is 0 Å². The first-order valence-electron chi connectivity index (χ1n) is 6.35. The van der Waals surface area contributed by atoms with E-state index in [-0.39, 0.29) is 0 Å². The quantitative estimate of drug-likeness (QED) is 0.911. The second-order valence-electron chi connectivity index (χ2n) is 4.88. The molecule has 0 atom stereocenters. The third-order valence-electron chi connectivity index (χ3n) is 3.11. The Morgan fingerprint density at radius 3 is 2.56 bits per heavy atom. The number of hydrogen-bond acceptors (Lipinski definition) is 3. The van der Waals surface area contributed by atoms with Gasteiger partial charge in [0.15, 0.2) is 0 Å². The average Bonchev–Trinajstić information content (AvgIpc) is 2.75. The molecule has 96 valence electrons. The van der Waals surface area contributed by atoms with Crippen molar-refractivity contribution in [2.45, 2.75) is 39.7 Å². The summed E-state index contributed by atoms with van der Waals surface area (Å²) in [5.74, 6) is 0.449. The van der Waals surface area contributed by atoms with Gasteiger partial charge in [-0.1, -0.05) is 38.1 Å². The molecule has 0 aliphatic carbocycles. The van der Waals surface area contributed by atoms with E-state index in [1.807, 2.05) is 0 Å². The summed E-state index contributed by atoms with van der Waals surface area (Å²) >= 11 is 1.76. The molecule has 1 heterocycles. The summed E-state index contributed by atoms with van der Waals surface area (Å²) in [5, 5.41) is 1.17. The molecule has 0 aliphatic heterocycles. The fourth-order valence-corrected chi connectivity index (χ4v) is 3.18. The summed E-state index contributed by atoms with van der Waals surface area (Å²) in [5.41, 5.74) is 9.65. The van der Waals surface area contributed by atoms with Gasteiger partial charge in [-0.25, -0.2) is 4.98 Å². The molecule has 0 radical (unpaired) electrons. The molecule has 0 bridgehead atoms. The van der Waals surface area contributed by atoms with E-state index in [0.29, 0.717) is 12.5 Å². The Balaban J connectivity index is 2.28. The van der Waals surface area contributed by atoms with Gasteiger partial charge in [-0.3, -0.25) is 0 Å². The lowest BCUT2D eigenvalue weighted by molar-refractivity contribution is 0.806. The largest absolute Gasteiger partial charge is 0.326 e. The van der Waals surface area contributed by atoms with Crippen LogP contribution >= 0.6 is 11.3 Å². The van der Waals surface area contributed by atoms with Crippen molar-refractivity contribution in [3.05, 3.63) is 51.0 Å². The maximum absolute atomic E-state index is 5.80. The fraction of sp³-hybridized carbons (Fsp3) is 0.400. The van der Waals surface area contributed by atoms with Crippen molar-refractivity contribution in [2.75, 3.05) is 0 Å². The third-order valence-corrected chi connectivity index (χ3v) is 4.20. The second-order valence-corrected chi connectivity index (χ2v) is 6.05. The van der Waals surface area contributed by atoms with Gasteiger partial charge in [0.05, 0.1) is 10.7 Å². The summed E-state index contributed by atoms with van der Waals surface area (Å²) in [6.07, 6.45) is 0.914. The maximum Gasteiger partial charge on any atom is 0.0975 e. The Bertz CT molecular complexity index is 529. The van der Waals surface area contributed by atoms with E-state index in [2.05, 4.69) is 45.0 Å². The van der Waals surface area contributed by atoms with Crippen LogP contribution in [-0.2, 0) is 13.0 Å². The number of nitrogens with two attached hydrogens (primary N) is 1. The molecule has 0 spiro atoms. The molecule has 0 saturated heterocycles. The lowest BCUT2D eigenvalue weighted by Crippen LogP contribution is -1.99. The monoisotopic (exact) mass is 260 g/mol. The van der Waals surface area contributed by atoms with Crippen LogP contribution in [0.3, 0.4) is 0 Å². The molecule has 2 N–H and O–H groups in total. The Hall–Kier alpha value is -1.19. The number of benzene rings is 1. The van der Waals surface area contributed by atoms with Crippen molar-refractivity contribution in [3.8, 4) is 0 Å². The topological polar surface area (TPSA) is 38.9 Å². The highest BCUT2D eigenvalue weighted by Crippen LogP contribution is 2.26. The minimum atomic E-state index is 0.449. The zero-order valence-corrected chi connectivity index (χ0v) is 12.1. The van der Waals surface area contributed by atoms with E-state index < -0.39 is 0 Å². The molecular formula is C15H20N2S. The predicted octanol–water partition coefficient (Wildman–Crippen LogP) is 3.62. The number of rotatable bonds is 4. The molecular weight excluding hydrogens is 240 g/mol. The number of aromatic nitrogens is 1. The SMILES string of the molecule is Cc1ccccc1Cc1nc(C(C)C)c(CN)s1. The minimum absolute atomic E-state index is 0.449. The summed E-state index contributed by atoms with van der Waals surface area (Å²) in [6, 6.07) is 8.48. The molecule has 2 nitrogen and oxygen atoms in total. The van der Waals surface area contributed by atoms with Gasteiger partial charge >= 0.3 is 0 Å². The van der Waals surface area contributed by atoms with Gasteiger partial charge in [-0.15, -0.1) is 11.3 Å².